The summed E-state index contributed by atoms with van der Waals surface area (Å²) in [5, 5.41) is 21.0. The molecule has 0 unspecified atom stereocenters. The van der Waals surface area contributed by atoms with Crippen LogP contribution in [0.3, 0.4) is 0 Å². The van der Waals surface area contributed by atoms with Gasteiger partial charge in [-0.2, -0.15) is 0 Å². The van der Waals surface area contributed by atoms with Gasteiger partial charge in [0.15, 0.2) is 5.11 Å². The number of rotatable bonds is 6. The van der Waals surface area contributed by atoms with Gasteiger partial charge in [-0.1, -0.05) is 37.5 Å². The minimum atomic E-state index is 0.553. The summed E-state index contributed by atoms with van der Waals surface area (Å²) in [6.45, 7) is 3.00. The third-order valence-electron chi connectivity index (χ3n) is 4.28. The molecule has 0 spiro atoms. The Labute approximate surface area is 158 Å². The normalized spacial score (nSPS) is 14.9. The Bertz CT molecular complexity index is 677. The summed E-state index contributed by atoms with van der Waals surface area (Å²) >= 11 is 6.88. The topological polar surface area (TPSA) is 61.9 Å². The molecule has 5 nitrogen and oxygen atoms in total. The zero-order valence-electron chi connectivity index (χ0n) is 14.5. The Balaban J connectivity index is 1.57. The number of benzene rings is 1. The molecule has 25 heavy (non-hydrogen) atoms. The van der Waals surface area contributed by atoms with E-state index >= 15 is 0 Å². The lowest BCUT2D eigenvalue weighted by atomic mass is 9.96. The van der Waals surface area contributed by atoms with Crippen LogP contribution in [0.25, 0.3) is 10.6 Å². The lowest BCUT2D eigenvalue weighted by Crippen LogP contribution is -2.28. The van der Waals surface area contributed by atoms with Gasteiger partial charge in [0.2, 0.25) is 5.13 Å². The fraction of sp³-hybridized carbons (Fsp3) is 0.500. The highest BCUT2D eigenvalue weighted by molar-refractivity contribution is 7.80. The molecule has 0 amide bonds. The zero-order valence-corrected chi connectivity index (χ0v) is 16.2. The van der Waals surface area contributed by atoms with E-state index in [1.807, 2.05) is 12.1 Å². The van der Waals surface area contributed by atoms with Gasteiger partial charge in [0.1, 0.15) is 5.01 Å². The highest BCUT2D eigenvalue weighted by Crippen LogP contribution is 2.29. The Hall–Kier alpha value is -1.73. The fourth-order valence-corrected chi connectivity index (χ4v) is 3.98. The van der Waals surface area contributed by atoms with Crippen LogP contribution in [0.15, 0.2) is 24.3 Å². The molecule has 0 atom stereocenters. The molecule has 0 bridgehead atoms. The van der Waals surface area contributed by atoms with Crippen molar-refractivity contribution in [3.05, 3.63) is 24.3 Å². The fourth-order valence-electron chi connectivity index (χ4n) is 2.93. The van der Waals surface area contributed by atoms with Crippen molar-refractivity contribution in [2.24, 2.45) is 0 Å². The summed E-state index contributed by atoms with van der Waals surface area (Å²) in [7, 11) is 0. The molecule has 1 aromatic heterocycles. The quantitative estimate of drug-likeness (QED) is 0.639. The number of aromatic nitrogens is 2. The van der Waals surface area contributed by atoms with Crippen molar-refractivity contribution in [3.8, 4) is 10.6 Å². The van der Waals surface area contributed by atoms with Gasteiger partial charge < -0.3 is 16.0 Å². The first-order valence-corrected chi connectivity index (χ1v) is 10.2. The molecule has 1 aliphatic rings. The number of hydrogen-bond donors (Lipinski definition) is 3. The van der Waals surface area contributed by atoms with Crippen LogP contribution in [-0.4, -0.2) is 27.9 Å². The van der Waals surface area contributed by atoms with Crippen molar-refractivity contribution >= 4 is 39.5 Å². The molecule has 134 valence electrons. The van der Waals surface area contributed by atoms with Gasteiger partial charge in [-0.3, -0.25) is 0 Å². The molecule has 1 aromatic carbocycles. The summed E-state index contributed by atoms with van der Waals surface area (Å²) in [4.78, 5) is 0. The lowest BCUT2D eigenvalue weighted by Gasteiger charge is -2.21. The van der Waals surface area contributed by atoms with Crippen LogP contribution in [0, 0.1) is 0 Å². The summed E-state index contributed by atoms with van der Waals surface area (Å²) in [5.41, 5.74) is 2.05. The number of hydrogen-bond acceptors (Lipinski definition) is 5. The van der Waals surface area contributed by atoms with Crippen molar-refractivity contribution in [2.75, 3.05) is 17.2 Å². The number of thiocarbonyl (C=S) groups is 1. The molecule has 0 saturated heterocycles. The summed E-state index contributed by atoms with van der Waals surface area (Å²) in [6, 6.07) is 8.69. The molecule has 7 heteroatoms. The van der Waals surface area contributed by atoms with Crippen LogP contribution in [-0.2, 0) is 0 Å². The van der Waals surface area contributed by atoms with Crippen molar-refractivity contribution in [1.29, 1.82) is 0 Å². The van der Waals surface area contributed by atoms with E-state index < -0.39 is 0 Å². The summed E-state index contributed by atoms with van der Waals surface area (Å²) in [5.74, 6) is 0. The van der Waals surface area contributed by atoms with Crippen molar-refractivity contribution in [1.82, 2.24) is 15.5 Å². The Morgan fingerprint density at radius 1 is 1.16 bits per heavy atom. The predicted molar refractivity (Wildman–Crippen MR) is 110 cm³/mol. The molecular formula is C18H25N5S2. The standard InChI is InChI=1S/C18H25N5S2/c1-2-12-19-17(24)20-15-10-8-13(9-11-15)16-22-23-18(25-16)21-14-6-4-3-5-7-14/h8-11,14H,2-7,12H2,1H3,(H,21,23)(H2,19,20,24). The van der Waals surface area contributed by atoms with E-state index in [1.54, 1.807) is 11.3 Å². The van der Waals surface area contributed by atoms with Crippen molar-refractivity contribution < 1.29 is 0 Å². The van der Waals surface area contributed by atoms with Gasteiger partial charge in [-0.15, -0.1) is 10.2 Å². The highest BCUT2D eigenvalue weighted by atomic mass is 32.1. The van der Waals surface area contributed by atoms with E-state index in [-0.39, 0.29) is 0 Å². The molecular weight excluding hydrogens is 350 g/mol. The van der Waals surface area contributed by atoms with E-state index in [9.17, 15) is 0 Å². The second-order valence-corrected chi connectivity index (χ2v) is 7.74. The van der Waals surface area contributed by atoms with E-state index in [1.165, 1.54) is 32.1 Å². The highest BCUT2D eigenvalue weighted by Gasteiger charge is 2.15. The van der Waals surface area contributed by atoms with Crippen LogP contribution >= 0.6 is 23.6 Å². The molecule has 1 saturated carbocycles. The van der Waals surface area contributed by atoms with E-state index in [0.717, 1.165) is 34.4 Å². The SMILES string of the molecule is CCCNC(=S)Nc1ccc(-c2nnc(NC3CCCCC3)s2)cc1. The summed E-state index contributed by atoms with van der Waals surface area (Å²) in [6.07, 6.45) is 7.51. The third-order valence-corrected chi connectivity index (χ3v) is 5.43. The van der Waals surface area contributed by atoms with E-state index in [2.05, 4.69) is 45.2 Å². The van der Waals surface area contributed by atoms with Gasteiger partial charge >= 0.3 is 0 Å². The van der Waals surface area contributed by atoms with Gasteiger partial charge in [-0.25, -0.2) is 0 Å². The average molecular weight is 376 g/mol. The molecule has 1 fully saturated rings. The monoisotopic (exact) mass is 375 g/mol. The first-order chi connectivity index (χ1) is 12.2. The first kappa shape index (κ1) is 18.1. The molecule has 1 aliphatic carbocycles. The van der Waals surface area contributed by atoms with Crippen LogP contribution in [0.5, 0.6) is 0 Å². The van der Waals surface area contributed by atoms with E-state index in [4.69, 9.17) is 12.2 Å². The minimum absolute atomic E-state index is 0.553. The Morgan fingerprint density at radius 2 is 1.92 bits per heavy atom. The molecule has 1 heterocycles. The van der Waals surface area contributed by atoms with Gasteiger partial charge in [0.05, 0.1) is 0 Å². The van der Waals surface area contributed by atoms with Gasteiger partial charge in [0, 0.05) is 23.8 Å². The third kappa shape index (κ3) is 5.37. The minimum Gasteiger partial charge on any atom is -0.362 e. The average Bonchev–Trinajstić information content (AvgIpc) is 3.10. The molecule has 0 aliphatic heterocycles. The maximum absolute atomic E-state index is 5.26. The second-order valence-electron chi connectivity index (χ2n) is 6.35. The van der Waals surface area contributed by atoms with Crippen LogP contribution in [0.4, 0.5) is 10.8 Å². The van der Waals surface area contributed by atoms with Crippen molar-refractivity contribution in [3.63, 3.8) is 0 Å². The van der Waals surface area contributed by atoms with E-state index in [0.29, 0.717) is 11.2 Å². The molecule has 2 aromatic rings. The van der Waals surface area contributed by atoms with Gasteiger partial charge in [0.25, 0.3) is 0 Å². The molecule has 0 radical (unpaired) electrons. The van der Waals surface area contributed by atoms with Crippen LogP contribution < -0.4 is 16.0 Å². The zero-order chi connectivity index (χ0) is 17.5. The maximum atomic E-state index is 5.26. The first-order valence-electron chi connectivity index (χ1n) is 9.00. The van der Waals surface area contributed by atoms with Gasteiger partial charge in [-0.05, 0) is 55.7 Å². The number of nitrogens with one attached hydrogen (secondary N) is 3. The largest absolute Gasteiger partial charge is 0.362 e. The smallest absolute Gasteiger partial charge is 0.206 e. The Kier molecular flexibility index (Phi) is 6.58. The molecule has 3 N–H and O–H groups in total. The summed E-state index contributed by atoms with van der Waals surface area (Å²) < 4.78 is 0. The number of anilines is 2. The van der Waals surface area contributed by atoms with Crippen LogP contribution in [0.1, 0.15) is 45.4 Å². The number of nitrogens with zero attached hydrogens (tertiary/aromatic N) is 2. The van der Waals surface area contributed by atoms with Crippen LogP contribution in [0.2, 0.25) is 0 Å². The predicted octanol–water partition coefficient (Wildman–Crippen LogP) is 4.65. The molecule has 3 rings (SSSR count). The Morgan fingerprint density at radius 3 is 2.64 bits per heavy atom. The second kappa shape index (κ2) is 9.10. The lowest BCUT2D eigenvalue weighted by molar-refractivity contribution is 0.462. The maximum Gasteiger partial charge on any atom is 0.206 e. The van der Waals surface area contributed by atoms with Crippen molar-refractivity contribution in [2.45, 2.75) is 51.5 Å².